The number of nitrogens with one attached hydrogen (secondary N) is 1. The molecule has 0 radical (unpaired) electrons. The highest BCUT2D eigenvalue weighted by molar-refractivity contribution is 5.80. The van der Waals surface area contributed by atoms with Crippen LogP contribution in [0.2, 0.25) is 0 Å². The zero-order valence-electron chi connectivity index (χ0n) is 43.3. The van der Waals surface area contributed by atoms with Crippen LogP contribution < -0.4 is 5.32 Å². The van der Waals surface area contributed by atoms with Gasteiger partial charge in [0, 0.05) is 0 Å². The molecule has 1 fully saturated rings. The third-order valence-corrected chi connectivity index (χ3v) is 13.6. The van der Waals surface area contributed by atoms with Crippen molar-refractivity contribution >= 4 is 5.91 Å². The summed E-state index contributed by atoms with van der Waals surface area (Å²) in [6, 6.07) is -1.00. The number of rotatable bonds is 48. The third kappa shape index (κ3) is 36.0. The molecule has 67 heavy (non-hydrogen) atoms. The third-order valence-electron chi connectivity index (χ3n) is 13.6. The summed E-state index contributed by atoms with van der Waals surface area (Å²) in [5, 5.41) is 64.9. The Hall–Kier alpha value is -1.63. The summed E-state index contributed by atoms with van der Waals surface area (Å²) < 4.78 is 11.2. The summed E-state index contributed by atoms with van der Waals surface area (Å²) in [6.45, 7) is 3.60. The largest absolute Gasteiger partial charge is 0.394 e. The molecule has 10 heteroatoms. The molecule has 1 amide bonds. The molecule has 1 aliphatic rings. The standard InChI is InChI=1S/C57H107NO9/c1-3-5-7-9-11-13-15-17-19-21-22-23-24-25-26-27-28-29-30-32-34-36-38-40-42-44-46-51(61)56(65)58-49(48-66-57-55(64)54(63)53(62)52(47-59)67-57)50(60)45-43-41-39-37-35-33-31-20-18-16-14-12-10-8-6-4-2/h18,20,35,37,43,45,49-55,57,59-64H,3-17,19,21-34,36,38-42,44,46-48H2,1-2H3,(H,58,65)/b20-18+,37-35+,45-43+. The number of hydrogen-bond donors (Lipinski definition) is 7. The van der Waals surface area contributed by atoms with E-state index in [-0.39, 0.29) is 6.61 Å². The summed E-state index contributed by atoms with van der Waals surface area (Å²) in [4.78, 5) is 13.1. The van der Waals surface area contributed by atoms with Crippen LogP contribution in [0.3, 0.4) is 0 Å². The van der Waals surface area contributed by atoms with E-state index in [4.69, 9.17) is 9.47 Å². The minimum atomic E-state index is -1.62. The summed E-state index contributed by atoms with van der Waals surface area (Å²) >= 11 is 0. The Bertz CT molecular complexity index is 1160. The molecule has 0 aromatic heterocycles. The summed E-state index contributed by atoms with van der Waals surface area (Å²) in [6.07, 6.45) is 49.7. The van der Waals surface area contributed by atoms with Crippen molar-refractivity contribution in [2.75, 3.05) is 13.2 Å². The number of amides is 1. The zero-order valence-corrected chi connectivity index (χ0v) is 43.3. The van der Waals surface area contributed by atoms with Crippen LogP contribution in [-0.4, -0.2) is 98.7 Å². The SMILES string of the molecule is CCCCCCCC/C=C/CC/C=C/CC/C=C/C(O)C(COC1OC(CO)C(O)C(O)C1O)NC(=O)C(O)CCCCCCCCCCCCCCCCCCCCCCCCCCCC. The Kier molecular flexibility index (Phi) is 44.2. The molecule has 394 valence electrons. The maximum atomic E-state index is 13.1. The van der Waals surface area contributed by atoms with Gasteiger partial charge in [-0.1, -0.05) is 249 Å². The van der Waals surface area contributed by atoms with E-state index in [0.717, 1.165) is 44.9 Å². The van der Waals surface area contributed by atoms with E-state index >= 15 is 0 Å². The van der Waals surface area contributed by atoms with Gasteiger partial charge in [0.05, 0.1) is 25.4 Å². The van der Waals surface area contributed by atoms with Crippen molar-refractivity contribution in [2.45, 2.75) is 307 Å². The lowest BCUT2D eigenvalue weighted by atomic mass is 9.99. The number of hydrogen-bond acceptors (Lipinski definition) is 9. The number of carbonyl (C=O) groups excluding carboxylic acids is 1. The lowest BCUT2D eigenvalue weighted by Crippen LogP contribution is -2.60. The van der Waals surface area contributed by atoms with Gasteiger partial charge >= 0.3 is 0 Å². The highest BCUT2D eigenvalue weighted by atomic mass is 16.7. The van der Waals surface area contributed by atoms with Gasteiger partial charge in [0.1, 0.15) is 30.5 Å². The number of unbranched alkanes of at least 4 members (excludes halogenated alkanes) is 33. The highest BCUT2D eigenvalue weighted by Crippen LogP contribution is 2.23. The van der Waals surface area contributed by atoms with Crippen LogP contribution in [0.5, 0.6) is 0 Å². The fourth-order valence-electron chi connectivity index (χ4n) is 8.96. The van der Waals surface area contributed by atoms with Crippen molar-refractivity contribution < 1.29 is 44.9 Å². The van der Waals surface area contributed by atoms with E-state index in [9.17, 15) is 35.4 Å². The van der Waals surface area contributed by atoms with E-state index in [1.807, 2.05) is 6.08 Å². The Balaban J connectivity index is 2.26. The molecule has 1 rings (SSSR count). The minimum Gasteiger partial charge on any atom is -0.394 e. The predicted molar refractivity (Wildman–Crippen MR) is 278 cm³/mol. The topological polar surface area (TPSA) is 169 Å². The van der Waals surface area contributed by atoms with Crippen molar-refractivity contribution in [2.24, 2.45) is 0 Å². The van der Waals surface area contributed by atoms with Crippen molar-refractivity contribution in [3.63, 3.8) is 0 Å². The normalized spacial score (nSPS) is 20.4. The smallest absolute Gasteiger partial charge is 0.249 e. The van der Waals surface area contributed by atoms with Crippen LogP contribution >= 0.6 is 0 Å². The van der Waals surface area contributed by atoms with E-state index < -0.39 is 61.5 Å². The van der Waals surface area contributed by atoms with Crippen LogP contribution in [0.15, 0.2) is 36.5 Å². The van der Waals surface area contributed by atoms with Crippen LogP contribution in [-0.2, 0) is 14.3 Å². The Morgan fingerprint density at radius 2 is 0.881 bits per heavy atom. The van der Waals surface area contributed by atoms with E-state index in [0.29, 0.717) is 19.3 Å². The second-order valence-corrected chi connectivity index (χ2v) is 19.9. The van der Waals surface area contributed by atoms with Crippen LogP contribution in [0.1, 0.15) is 258 Å². The van der Waals surface area contributed by atoms with Crippen molar-refractivity contribution in [1.29, 1.82) is 0 Å². The average molecular weight is 950 g/mol. The van der Waals surface area contributed by atoms with Gasteiger partial charge in [0.25, 0.3) is 0 Å². The first-order chi connectivity index (χ1) is 32.8. The first-order valence-electron chi connectivity index (χ1n) is 28.3. The molecule has 1 aliphatic heterocycles. The molecular weight excluding hydrogens is 843 g/mol. The van der Waals surface area contributed by atoms with Crippen LogP contribution in [0.25, 0.3) is 0 Å². The molecule has 8 atom stereocenters. The Morgan fingerprint density at radius 1 is 0.507 bits per heavy atom. The molecule has 0 aliphatic carbocycles. The second-order valence-electron chi connectivity index (χ2n) is 19.9. The highest BCUT2D eigenvalue weighted by Gasteiger charge is 2.44. The summed E-state index contributed by atoms with van der Waals surface area (Å²) in [5.41, 5.74) is 0. The Morgan fingerprint density at radius 3 is 1.30 bits per heavy atom. The van der Waals surface area contributed by atoms with Gasteiger partial charge in [-0.05, 0) is 44.9 Å². The summed E-state index contributed by atoms with van der Waals surface area (Å²) in [7, 11) is 0. The van der Waals surface area contributed by atoms with Gasteiger partial charge in [0.2, 0.25) is 5.91 Å². The molecule has 8 unspecified atom stereocenters. The molecule has 1 heterocycles. The Labute approximate surface area is 411 Å². The maximum absolute atomic E-state index is 13.1. The van der Waals surface area contributed by atoms with Crippen molar-refractivity contribution in [3.8, 4) is 0 Å². The zero-order chi connectivity index (χ0) is 48.8. The molecule has 1 saturated heterocycles. The van der Waals surface area contributed by atoms with E-state index in [2.05, 4.69) is 43.5 Å². The lowest BCUT2D eigenvalue weighted by Gasteiger charge is -2.40. The van der Waals surface area contributed by atoms with Gasteiger partial charge < -0.3 is 45.4 Å². The monoisotopic (exact) mass is 950 g/mol. The number of aliphatic hydroxyl groups is 6. The van der Waals surface area contributed by atoms with Gasteiger partial charge in [-0.25, -0.2) is 0 Å². The predicted octanol–water partition coefficient (Wildman–Crippen LogP) is 12.5. The first kappa shape index (κ1) is 63.4. The number of carbonyl (C=O) groups is 1. The molecule has 0 aromatic rings. The van der Waals surface area contributed by atoms with E-state index in [1.165, 1.54) is 180 Å². The van der Waals surface area contributed by atoms with Crippen molar-refractivity contribution in [3.05, 3.63) is 36.5 Å². The molecule has 0 saturated carbocycles. The van der Waals surface area contributed by atoms with Crippen LogP contribution in [0, 0.1) is 0 Å². The fraction of sp³-hybridized carbons (Fsp3) is 0.877. The maximum Gasteiger partial charge on any atom is 0.249 e. The van der Waals surface area contributed by atoms with Crippen LogP contribution in [0.4, 0.5) is 0 Å². The lowest BCUT2D eigenvalue weighted by molar-refractivity contribution is -0.302. The number of ether oxygens (including phenoxy) is 2. The average Bonchev–Trinajstić information content (AvgIpc) is 3.33. The molecule has 7 N–H and O–H groups in total. The van der Waals surface area contributed by atoms with E-state index in [1.54, 1.807) is 6.08 Å². The molecular formula is C57H107NO9. The van der Waals surface area contributed by atoms with Gasteiger partial charge in [-0.2, -0.15) is 0 Å². The van der Waals surface area contributed by atoms with Crippen molar-refractivity contribution in [1.82, 2.24) is 5.32 Å². The molecule has 0 spiro atoms. The number of aliphatic hydroxyl groups excluding tert-OH is 6. The molecule has 10 nitrogen and oxygen atoms in total. The quantitative estimate of drug-likeness (QED) is 0.0232. The van der Waals surface area contributed by atoms with Gasteiger partial charge in [0.15, 0.2) is 6.29 Å². The summed E-state index contributed by atoms with van der Waals surface area (Å²) in [5.74, 6) is -0.626. The second kappa shape index (κ2) is 46.7. The fourth-order valence-corrected chi connectivity index (χ4v) is 8.96. The molecule has 0 aromatic carbocycles. The number of allylic oxidation sites excluding steroid dienone is 5. The first-order valence-corrected chi connectivity index (χ1v) is 28.3. The minimum absolute atomic E-state index is 0.304. The van der Waals surface area contributed by atoms with Gasteiger partial charge in [-0.15, -0.1) is 0 Å². The van der Waals surface area contributed by atoms with Gasteiger partial charge in [-0.3, -0.25) is 4.79 Å². The molecule has 0 bridgehead atoms.